The zero-order valence-electron chi connectivity index (χ0n) is 18.9. The maximum atomic E-state index is 13.9. The highest BCUT2D eigenvalue weighted by Crippen LogP contribution is 2.44. The number of benzene rings is 1. The van der Waals surface area contributed by atoms with Crippen molar-refractivity contribution >= 4 is 23.5 Å². The van der Waals surface area contributed by atoms with Crippen molar-refractivity contribution in [2.45, 2.75) is 50.4 Å². The first-order valence-corrected chi connectivity index (χ1v) is 11.4. The molecule has 1 unspecified atom stereocenters. The zero-order chi connectivity index (χ0) is 25.6. The van der Waals surface area contributed by atoms with E-state index in [1.807, 2.05) is 6.07 Å². The second-order valence-electron chi connectivity index (χ2n) is 8.88. The minimum atomic E-state index is -4.75. The van der Waals surface area contributed by atoms with Crippen LogP contribution in [-0.2, 0) is 11.0 Å². The Morgan fingerprint density at radius 3 is 2.47 bits per heavy atom. The number of amides is 4. The van der Waals surface area contributed by atoms with Gasteiger partial charge in [0.2, 0.25) is 0 Å². The lowest BCUT2D eigenvalue weighted by Gasteiger charge is -2.44. The summed E-state index contributed by atoms with van der Waals surface area (Å²) in [6.07, 6.45) is -1.47. The van der Waals surface area contributed by atoms with Gasteiger partial charge in [-0.05, 0) is 55.5 Å². The monoisotopic (exact) mass is 495 g/mol. The van der Waals surface area contributed by atoms with E-state index in [0.717, 1.165) is 34.9 Å². The SMILES string of the molecule is N#Cc1ccc(C2C3=C(CCCC3=O)N(c3ccnc(C(F)(F)F)c3)C(=O)N2C(=O)NC2CC2)cc1. The van der Waals surface area contributed by atoms with Gasteiger partial charge in [-0.25, -0.2) is 14.5 Å². The third kappa shape index (κ3) is 4.19. The van der Waals surface area contributed by atoms with Crippen LogP contribution in [0.1, 0.15) is 55.0 Å². The largest absolute Gasteiger partial charge is 0.433 e. The number of urea groups is 2. The highest BCUT2D eigenvalue weighted by atomic mass is 19.4. The van der Waals surface area contributed by atoms with Gasteiger partial charge in [-0.3, -0.25) is 14.7 Å². The number of hydrogen-bond donors (Lipinski definition) is 1. The summed E-state index contributed by atoms with van der Waals surface area (Å²) >= 11 is 0. The van der Waals surface area contributed by atoms with Crippen LogP contribution in [0.2, 0.25) is 0 Å². The van der Waals surface area contributed by atoms with Crippen LogP contribution in [0.5, 0.6) is 0 Å². The molecule has 0 radical (unpaired) electrons. The molecule has 5 rings (SSSR count). The molecule has 1 atom stereocenters. The summed E-state index contributed by atoms with van der Waals surface area (Å²) in [5.41, 5.74) is -0.0758. The second kappa shape index (κ2) is 8.78. The van der Waals surface area contributed by atoms with Crippen LogP contribution in [0.15, 0.2) is 53.9 Å². The fourth-order valence-corrected chi connectivity index (χ4v) is 4.56. The van der Waals surface area contributed by atoms with Gasteiger partial charge in [0.25, 0.3) is 0 Å². The van der Waals surface area contributed by atoms with E-state index in [2.05, 4.69) is 10.3 Å². The first kappa shape index (κ1) is 23.5. The first-order valence-electron chi connectivity index (χ1n) is 11.4. The average Bonchev–Trinajstić information content (AvgIpc) is 3.67. The van der Waals surface area contributed by atoms with Crippen LogP contribution in [0.4, 0.5) is 28.4 Å². The molecular formula is C25H20F3N5O3. The molecule has 36 heavy (non-hydrogen) atoms. The number of allylic oxidation sites excluding steroid dienone is 1. The lowest BCUT2D eigenvalue weighted by atomic mass is 9.83. The first-order chi connectivity index (χ1) is 17.2. The molecule has 3 aliphatic rings. The number of carbonyl (C=O) groups is 3. The number of Topliss-reactive ketones (excluding diaryl/α,β-unsaturated/α-hetero) is 1. The summed E-state index contributed by atoms with van der Waals surface area (Å²) in [5, 5.41) is 11.9. The number of carbonyl (C=O) groups excluding carboxylic acids is 3. The zero-order valence-corrected chi connectivity index (χ0v) is 18.9. The predicted octanol–water partition coefficient (Wildman–Crippen LogP) is 4.83. The summed E-state index contributed by atoms with van der Waals surface area (Å²) in [7, 11) is 0. The van der Waals surface area contributed by atoms with Gasteiger partial charge in [0, 0.05) is 29.9 Å². The maximum absolute atomic E-state index is 13.9. The molecule has 2 aromatic rings. The van der Waals surface area contributed by atoms with Crippen molar-refractivity contribution < 1.29 is 27.6 Å². The number of nitrogens with one attached hydrogen (secondary N) is 1. The minimum Gasteiger partial charge on any atom is -0.335 e. The molecule has 2 heterocycles. The summed E-state index contributed by atoms with van der Waals surface area (Å²) in [5.74, 6) is -0.294. The summed E-state index contributed by atoms with van der Waals surface area (Å²) in [4.78, 5) is 45.8. The Hall–Kier alpha value is -4.20. The van der Waals surface area contributed by atoms with E-state index in [-0.39, 0.29) is 41.6 Å². The number of nitrogens with zero attached hydrogens (tertiary/aromatic N) is 4. The molecule has 4 amide bonds. The van der Waals surface area contributed by atoms with E-state index < -0.39 is 30.0 Å². The third-order valence-electron chi connectivity index (χ3n) is 6.40. The lowest BCUT2D eigenvalue weighted by molar-refractivity contribution is -0.141. The molecule has 8 nitrogen and oxygen atoms in total. The van der Waals surface area contributed by atoms with Crippen LogP contribution >= 0.6 is 0 Å². The molecule has 1 saturated carbocycles. The molecule has 1 aliphatic heterocycles. The van der Waals surface area contributed by atoms with Crippen molar-refractivity contribution in [3.63, 3.8) is 0 Å². The fourth-order valence-electron chi connectivity index (χ4n) is 4.56. The van der Waals surface area contributed by atoms with Crippen LogP contribution in [0.25, 0.3) is 0 Å². The Kier molecular flexibility index (Phi) is 5.74. The van der Waals surface area contributed by atoms with Crippen molar-refractivity contribution in [3.8, 4) is 6.07 Å². The van der Waals surface area contributed by atoms with Crippen molar-refractivity contribution in [1.29, 1.82) is 5.26 Å². The van der Waals surface area contributed by atoms with Gasteiger partial charge in [0.05, 0.1) is 23.4 Å². The number of alkyl halides is 3. The van der Waals surface area contributed by atoms with Crippen LogP contribution < -0.4 is 10.2 Å². The molecule has 1 aromatic heterocycles. The smallest absolute Gasteiger partial charge is 0.335 e. The number of aromatic nitrogens is 1. The van der Waals surface area contributed by atoms with Crippen molar-refractivity contribution in [1.82, 2.24) is 15.2 Å². The van der Waals surface area contributed by atoms with Crippen molar-refractivity contribution in [2.75, 3.05) is 4.90 Å². The number of pyridine rings is 1. The van der Waals surface area contributed by atoms with E-state index in [4.69, 9.17) is 5.26 Å². The van der Waals surface area contributed by atoms with Gasteiger partial charge in [0.1, 0.15) is 5.69 Å². The summed E-state index contributed by atoms with van der Waals surface area (Å²) in [6.45, 7) is 0. The highest BCUT2D eigenvalue weighted by molar-refractivity contribution is 6.11. The number of rotatable bonds is 3. The maximum Gasteiger partial charge on any atom is 0.433 e. The normalized spacial score (nSPS) is 20.2. The molecule has 184 valence electrons. The van der Waals surface area contributed by atoms with E-state index in [1.165, 1.54) is 18.2 Å². The molecule has 1 fully saturated rings. The number of halogens is 3. The second-order valence-corrected chi connectivity index (χ2v) is 8.88. The molecule has 11 heteroatoms. The molecule has 2 aliphatic carbocycles. The standard InChI is InChI=1S/C25H20F3N5O3/c26-25(27,28)20-12-17(10-11-30-20)32-18-2-1-3-19(34)21(18)22(15-6-4-14(13-29)5-7-15)33(24(32)36)23(35)31-16-8-9-16/h4-7,10-12,16,22H,1-3,8-9H2,(H,31,35). The van der Waals surface area contributed by atoms with Crippen LogP contribution in [0.3, 0.4) is 0 Å². The Bertz CT molecular complexity index is 1330. The minimum absolute atomic E-state index is 0.115. The summed E-state index contributed by atoms with van der Waals surface area (Å²) in [6, 6.07) is 7.38. The number of ketones is 1. The van der Waals surface area contributed by atoms with Gasteiger partial charge in [0.15, 0.2) is 5.78 Å². The van der Waals surface area contributed by atoms with Crippen LogP contribution in [0, 0.1) is 11.3 Å². The Balaban J connectivity index is 1.70. The number of anilines is 1. The summed E-state index contributed by atoms with van der Waals surface area (Å²) < 4.78 is 40.2. The molecule has 0 bridgehead atoms. The van der Waals surface area contributed by atoms with Gasteiger partial charge in [-0.2, -0.15) is 18.4 Å². The number of nitriles is 1. The molecule has 0 saturated heterocycles. The number of imide groups is 1. The van der Waals surface area contributed by atoms with Gasteiger partial charge in [-0.15, -0.1) is 0 Å². The van der Waals surface area contributed by atoms with Gasteiger partial charge >= 0.3 is 18.2 Å². The van der Waals surface area contributed by atoms with E-state index in [1.54, 1.807) is 12.1 Å². The number of hydrogen-bond acceptors (Lipinski definition) is 5. The van der Waals surface area contributed by atoms with E-state index in [9.17, 15) is 27.6 Å². The van der Waals surface area contributed by atoms with Crippen molar-refractivity contribution in [2.24, 2.45) is 0 Å². The highest BCUT2D eigenvalue weighted by Gasteiger charge is 2.48. The van der Waals surface area contributed by atoms with Crippen molar-refractivity contribution in [3.05, 3.63) is 70.7 Å². The molecule has 1 aromatic carbocycles. The topological polar surface area (TPSA) is 106 Å². The van der Waals surface area contributed by atoms with Gasteiger partial charge in [-0.1, -0.05) is 12.1 Å². The van der Waals surface area contributed by atoms with E-state index >= 15 is 0 Å². The molecular weight excluding hydrogens is 475 g/mol. The molecule has 0 spiro atoms. The van der Waals surface area contributed by atoms with E-state index in [0.29, 0.717) is 17.5 Å². The van der Waals surface area contributed by atoms with Crippen LogP contribution in [-0.4, -0.2) is 33.8 Å². The average molecular weight is 495 g/mol. The Labute approximate surface area is 204 Å². The predicted molar refractivity (Wildman–Crippen MR) is 120 cm³/mol. The molecule has 1 N–H and O–H groups in total. The fraction of sp³-hybridized carbons (Fsp3) is 0.320. The Morgan fingerprint density at radius 1 is 1.11 bits per heavy atom. The lowest BCUT2D eigenvalue weighted by Crippen LogP contribution is -2.57. The quantitative estimate of drug-likeness (QED) is 0.656. The Morgan fingerprint density at radius 2 is 1.83 bits per heavy atom. The third-order valence-corrected chi connectivity index (χ3v) is 6.40. The van der Waals surface area contributed by atoms with Gasteiger partial charge < -0.3 is 5.32 Å².